The standard InChI is InChI=1S/C15H19NO3/c1-10-4-11(2)6-13(5-10)7-12(3)15(17)16-19-9-14-8-18-14/h4-6,14H,3,7-9H2,1-2H3,(H,16,17). The molecule has 1 heterocycles. The lowest BCUT2D eigenvalue weighted by Crippen LogP contribution is -2.27. The van der Waals surface area contributed by atoms with Crippen LogP contribution >= 0.6 is 0 Å². The van der Waals surface area contributed by atoms with Crippen LogP contribution in [0.2, 0.25) is 0 Å². The smallest absolute Gasteiger partial charge is 0.270 e. The van der Waals surface area contributed by atoms with Crippen LogP contribution in [0.4, 0.5) is 0 Å². The molecule has 1 saturated heterocycles. The molecule has 1 aromatic carbocycles. The average molecular weight is 261 g/mol. The number of epoxide rings is 1. The summed E-state index contributed by atoms with van der Waals surface area (Å²) in [4.78, 5) is 16.8. The zero-order chi connectivity index (χ0) is 13.8. The molecule has 1 unspecified atom stereocenters. The highest BCUT2D eigenvalue weighted by Crippen LogP contribution is 2.13. The normalized spacial score (nSPS) is 17.1. The Morgan fingerprint density at radius 2 is 2.05 bits per heavy atom. The van der Waals surface area contributed by atoms with Gasteiger partial charge in [0.25, 0.3) is 5.91 Å². The number of carbonyl (C=O) groups is 1. The summed E-state index contributed by atoms with van der Waals surface area (Å²) in [5.74, 6) is -0.278. The molecule has 0 radical (unpaired) electrons. The fraction of sp³-hybridized carbons (Fsp3) is 0.400. The average Bonchev–Trinajstić information content (AvgIpc) is 3.11. The van der Waals surface area contributed by atoms with Crippen LogP contribution in [0.15, 0.2) is 30.4 Å². The van der Waals surface area contributed by atoms with E-state index in [4.69, 9.17) is 9.57 Å². The third-order valence-corrected chi connectivity index (χ3v) is 2.86. The predicted molar refractivity (Wildman–Crippen MR) is 72.6 cm³/mol. The molecule has 1 aliphatic rings. The van der Waals surface area contributed by atoms with Gasteiger partial charge < -0.3 is 4.74 Å². The van der Waals surface area contributed by atoms with E-state index in [9.17, 15) is 4.79 Å². The summed E-state index contributed by atoms with van der Waals surface area (Å²) in [5, 5.41) is 0. The van der Waals surface area contributed by atoms with Gasteiger partial charge in [-0.05, 0) is 19.4 Å². The predicted octanol–water partition coefficient (Wildman–Crippen LogP) is 1.85. The number of carbonyl (C=O) groups excluding carboxylic acids is 1. The quantitative estimate of drug-likeness (QED) is 0.483. The molecule has 1 N–H and O–H groups in total. The summed E-state index contributed by atoms with van der Waals surface area (Å²) in [6.45, 7) is 8.98. The number of rotatable bonds is 6. The van der Waals surface area contributed by atoms with Crippen molar-refractivity contribution in [2.24, 2.45) is 0 Å². The third kappa shape index (κ3) is 4.50. The van der Waals surface area contributed by atoms with E-state index in [2.05, 4.69) is 30.3 Å². The first-order valence-corrected chi connectivity index (χ1v) is 6.33. The first-order valence-electron chi connectivity index (χ1n) is 6.33. The van der Waals surface area contributed by atoms with Crippen molar-refractivity contribution < 1.29 is 14.4 Å². The Balaban J connectivity index is 1.82. The van der Waals surface area contributed by atoms with Gasteiger partial charge in [-0.2, -0.15) is 0 Å². The fourth-order valence-electron chi connectivity index (χ4n) is 1.93. The second-order valence-corrected chi connectivity index (χ2v) is 4.97. The maximum Gasteiger partial charge on any atom is 0.270 e. The highest BCUT2D eigenvalue weighted by atomic mass is 16.7. The van der Waals surface area contributed by atoms with Gasteiger partial charge in [-0.1, -0.05) is 35.9 Å². The Labute approximate surface area is 113 Å². The van der Waals surface area contributed by atoms with Gasteiger partial charge in [-0.25, -0.2) is 5.48 Å². The lowest BCUT2D eigenvalue weighted by Gasteiger charge is -2.08. The first kappa shape index (κ1) is 13.8. The Bertz CT molecular complexity index is 472. The number of nitrogens with one attached hydrogen (secondary N) is 1. The molecule has 0 spiro atoms. The van der Waals surface area contributed by atoms with Gasteiger partial charge in [-0.15, -0.1) is 0 Å². The molecule has 2 rings (SSSR count). The summed E-state index contributed by atoms with van der Waals surface area (Å²) in [6.07, 6.45) is 0.658. The largest absolute Gasteiger partial charge is 0.371 e. The number of benzene rings is 1. The summed E-state index contributed by atoms with van der Waals surface area (Å²) < 4.78 is 4.97. The number of hydroxylamine groups is 1. The lowest BCUT2D eigenvalue weighted by atomic mass is 10.0. The van der Waals surface area contributed by atoms with Gasteiger partial charge in [0.05, 0.1) is 6.61 Å². The van der Waals surface area contributed by atoms with Gasteiger partial charge in [0.15, 0.2) is 0 Å². The number of aryl methyl sites for hydroxylation is 2. The van der Waals surface area contributed by atoms with Crippen molar-refractivity contribution in [1.29, 1.82) is 0 Å². The zero-order valence-electron chi connectivity index (χ0n) is 11.4. The van der Waals surface area contributed by atoms with Gasteiger partial charge in [-0.3, -0.25) is 9.63 Å². The van der Waals surface area contributed by atoms with Crippen LogP contribution in [0.3, 0.4) is 0 Å². The summed E-state index contributed by atoms with van der Waals surface area (Å²) in [5.41, 5.74) is 6.33. The van der Waals surface area contributed by atoms with E-state index >= 15 is 0 Å². The first-order chi connectivity index (χ1) is 9.04. The van der Waals surface area contributed by atoms with Crippen molar-refractivity contribution >= 4 is 5.91 Å². The van der Waals surface area contributed by atoms with Crippen LogP contribution in [0, 0.1) is 13.8 Å². The maximum atomic E-state index is 11.7. The molecular weight excluding hydrogens is 242 g/mol. The molecule has 19 heavy (non-hydrogen) atoms. The topological polar surface area (TPSA) is 50.9 Å². The number of hydrogen-bond acceptors (Lipinski definition) is 3. The van der Waals surface area contributed by atoms with Crippen LogP contribution in [0.25, 0.3) is 0 Å². The van der Waals surface area contributed by atoms with Crippen LogP contribution in [-0.4, -0.2) is 25.2 Å². The summed E-state index contributed by atoms with van der Waals surface area (Å²) >= 11 is 0. The Morgan fingerprint density at radius 1 is 1.42 bits per heavy atom. The van der Waals surface area contributed by atoms with Crippen LogP contribution in [0.1, 0.15) is 16.7 Å². The van der Waals surface area contributed by atoms with Crippen molar-refractivity contribution in [2.45, 2.75) is 26.4 Å². The van der Waals surface area contributed by atoms with Crippen LogP contribution in [0.5, 0.6) is 0 Å². The zero-order valence-corrected chi connectivity index (χ0v) is 11.4. The van der Waals surface area contributed by atoms with E-state index in [0.29, 0.717) is 25.2 Å². The SMILES string of the molecule is C=C(Cc1cc(C)cc(C)c1)C(=O)NOCC1CO1. The fourth-order valence-corrected chi connectivity index (χ4v) is 1.93. The molecule has 4 heteroatoms. The minimum atomic E-state index is -0.278. The van der Waals surface area contributed by atoms with E-state index in [1.165, 1.54) is 11.1 Å². The monoisotopic (exact) mass is 261 g/mol. The molecule has 1 fully saturated rings. The second kappa shape index (κ2) is 5.99. The highest BCUT2D eigenvalue weighted by molar-refractivity contribution is 5.92. The van der Waals surface area contributed by atoms with Gasteiger partial charge in [0.1, 0.15) is 12.7 Å². The Kier molecular flexibility index (Phi) is 4.35. The number of hydrogen-bond donors (Lipinski definition) is 1. The molecule has 102 valence electrons. The molecule has 1 atom stereocenters. The van der Waals surface area contributed by atoms with E-state index in [1.54, 1.807) is 0 Å². The van der Waals surface area contributed by atoms with Crippen molar-refractivity contribution in [3.05, 3.63) is 47.0 Å². The Hall–Kier alpha value is -1.65. The van der Waals surface area contributed by atoms with Crippen LogP contribution < -0.4 is 5.48 Å². The minimum Gasteiger partial charge on any atom is -0.371 e. The second-order valence-electron chi connectivity index (χ2n) is 4.97. The van der Waals surface area contributed by atoms with Gasteiger partial charge in [0, 0.05) is 12.0 Å². The van der Waals surface area contributed by atoms with Crippen molar-refractivity contribution in [1.82, 2.24) is 5.48 Å². The van der Waals surface area contributed by atoms with E-state index in [0.717, 1.165) is 5.56 Å². The molecular formula is C15H19NO3. The van der Waals surface area contributed by atoms with Crippen LogP contribution in [-0.2, 0) is 20.8 Å². The van der Waals surface area contributed by atoms with E-state index in [1.807, 2.05) is 13.8 Å². The molecule has 1 aliphatic heterocycles. The third-order valence-electron chi connectivity index (χ3n) is 2.86. The van der Waals surface area contributed by atoms with E-state index < -0.39 is 0 Å². The van der Waals surface area contributed by atoms with Crippen molar-refractivity contribution in [3.63, 3.8) is 0 Å². The maximum absolute atomic E-state index is 11.7. The lowest BCUT2D eigenvalue weighted by molar-refractivity contribution is -0.129. The highest BCUT2D eigenvalue weighted by Gasteiger charge is 2.23. The number of amides is 1. The molecule has 0 aliphatic carbocycles. The van der Waals surface area contributed by atoms with Gasteiger partial charge in [0.2, 0.25) is 0 Å². The molecule has 4 nitrogen and oxygen atoms in total. The number of ether oxygens (including phenoxy) is 1. The summed E-state index contributed by atoms with van der Waals surface area (Å²) in [6, 6.07) is 6.22. The molecule has 1 amide bonds. The molecule has 1 aromatic rings. The van der Waals surface area contributed by atoms with E-state index in [-0.39, 0.29) is 12.0 Å². The molecule has 0 bridgehead atoms. The minimum absolute atomic E-state index is 0.132. The van der Waals surface area contributed by atoms with Gasteiger partial charge >= 0.3 is 0 Å². The van der Waals surface area contributed by atoms with Crippen molar-refractivity contribution in [3.8, 4) is 0 Å². The Morgan fingerprint density at radius 3 is 2.63 bits per heavy atom. The summed E-state index contributed by atoms with van der Waals surface area (Å²) in [7, 11) is 0. The molecule has 0 saturated carbocycles. The molecule has 0 aromatic heterocycles. The van der Waals surface area contributed by atoms with Crippen molar-refractivity contribution in [2.75, 3.05) is 13.2 Å².